The molecule has 0 aliphatic rings. The van der Waals surface area contributed by atoms with Crippen molar-refractivity contribution in [2.45, 2.75) is 4.90 Å². The molecule has 0 heterocycles. The third-order valence-corrected chi connectivity index (χ3v) is 2.63. The normalized spacial score (nSPS) is 11.1. The van der Waals surface area contributed by atoms with Gasteiger partial charge < -0.3 is 0 Å². The van der Waals surface area contributed by atoms with Crippen molar-refractivity contribution < 1.29 is 13.2 Å². The molecule has 1 aromatic rings. The Bertz CT molecular complexity index is 397. The molecule has 5 heteroatoms. The van der Waals surface area contributed by atoms with Crippen molar-refractivity contribution in [1.29, 1.82) is 0 Å². The monoisotopic (exact) mass is 204 g/mol. The fourth-order valence-electron chi connectivity index (χ4n) is 0.740. The zero-order valence-corrected chi connectivity index (χ0v) is 7.47. The predicted molar refractivity (Wildman–Crippen MR) is 44.9 cm³/mol. The van der Waals surface area contributed by atoms with E-state index < -0.39 is 9.05 Å². The van der Waals surface area contributed by atoms with Gasteiger partial charge in [0.25, 0.3) is 9.05 Å². The van der Waals surface area contributed by atoms with Crippen LogP contribution in [-0.2, 0) is 9.05 Å². The molecule has 0 aliphatic carbocycles. The molecule has 0 saturated heterocycles. The topological polar surface area (TPSA) is 51.2 Å². The molecule has 0 radical (unpaired) electrons. The summed E-state index contributed by atoms with van der Waals surface area (Å²) in [6.45, 7) is 0. The van der Waals surface area contributed by atoms with E-state index in [9.17, 15) is 13.2 Å². The SMILES string of the molecule is O=Cc1cccc(S(=O)(=O)Cl)c1. The zero-order valence-electron chi connectivity index (χ0n) is 5.90. The summed E-state index contributed by atoms with van der Waals surface area (Å²) in [6.07, 6.45) is 0.561. The van der Waals surface area contributed by atoms with Crippen LogP contribution in [0.2, 0.25) is 0 Å². The molecule has 1 rings (SSSR count). The number of hydrogen-bond acceptors (Lipinski definition) is 3. The second kappa shape index (κ2) is 3.25. The summed E-state index contributed by atoms with van der Waals surface area (Å²) in [4.78, 5) is 10.2. The number of rotatable bonds is 2. The second-order valence-corrected chi connectivity index (χ2v) is 4.69. The lowest BCUT2D eigenvalue weighted by molar-refractivity contribution is 0.112. The standard InChI is InChI=1S/C7H5ClO3S/c8-12(10,11)7-3-1-2-6(4-7)5-9/h1-5H. The van der Waals surface area contributed by atoms with Gasteiger partial charge in [-0.3, -0.25) is 4.79 Å². The van der Waals surface area contributed by atoms with Crippen LogP contribution in [0, 0.1) is 0 Å². The molecule has 0 fully saturated rings. The smallest absolute Gasteiger partial charge is 0.261 e. The van der Waals surface area contributed by atoms with Gasteiger partial charge in [-0.15, -0.1) is 0 Å². The first-order valence-corrected chi connectivity index (χ1v) is 5.35. The van der Waals surface area contributed by atoms with Crippen molar-refractivity contribution >= 4 is 26.0 Å². The van der Waals surface area contributed by atoms with Gasteiger partial charge in [-0.05, 0) is 12.1 Å². The highest BCUT2D eigenvalue weighted by molar-refractivity contribution is 8.13. The molecule has 3 nitrogen and oxygen atoms in total. The van der Waals surface area contributed by atoms with Crippen LogP contribution in [0.5, 0.6) is 0 Å². The molecule has 0 unspecified atom stereocenters. The van der Waals surface area contributed by atoms with E-state index in [2.05, 4.69) is 0 Å². The lowest BCUT2D eigenvalue weighted by Gasteiger charge is -1.95. The Morgan fingerprint density at radius 3 is 2.50 bits per heavy atom. The first-order valence-electron chi connectivity index (χ1n) is 3.04. The summed E-state index contributed by atoms with van der Waals surface area (Å²) in [5.74, 6) is 0. The van der Waals surface area contributed by atoms with Gasteiger partial charge in [-0.2, -0.15) is 0 Å². The fraction of sp³-hybridized carbons (Fsp3) is 0. The Balaban J connectivity index is 3.29. The third kappa shape index (κ3) is 2.06. The average Bonchev–Trinajstić information content (AvgIpc) is 2.03. The van der Waals surface area contributed by atoms with Crippen molar-refractivity contribution in [2.24, 2.45) is 0 Å². The summed E-state index contributed by atoms with van der Waals surface area (Å²) in [7, 11) is 1.32. The number of carbonyl (C=O) groups excluding carboxylic acids is 1. The predicted octanol–water partition coefficient (Wildman–Crippen LogP) is 1.43. The number of carbonyl (C=O) groups is 1. The Morgan fingerprint density at radius 1 is 1.33 bits per heavy atom. The Hall–Kier alpha value is -0.870. The molecule has 0 aliphatic heterocycles. The van der Waals surface area contributed by atoms with Crippen molar-refractivity contribution in [3.05, 3.63) is 29.8 Å². The maximum absolute atomic E-state index is 10.8. The lowest BCUT2D eigenvalue weighted by Crippen LogP contribution is -1.91. The minimum atomic E-state index is -3.72. The van der Waals surface area contributed by atoms with Crippen LogP contribution < -0.4 is 0 Å². The Kier molecular flexibility index (Phi) is 2.49. The van der Waals surface area contributed by atoms with Gasteiger partial charge in [-0.25, -0.2) is 8.42 Å². The van der Waals surface area contributed by atoms with Crippen LogP contribution in [0.1, 0.15) is 10.4 Å². The summed E-state index contributed by atoms with van der Waals surface area (Å²) in [5, 5.41) is 0. The molecular formula is C7H5ClO3S. The molecule has 64 valence electrons. The van der Waals surface area contributed by atoms with Crippen molar-refractivity contribution in [2.75, 3.05) is 0 Å². The number of hydrogen-bond donors (Lipinski definition) is 0. The number of benzene rings is 1. The van der Waals surface area contributed by atoms with Crippen LogP contribution >= 0.6 is 10.7 Å². The van der Waals surface area contributed by atoms with E-state index in [-0.39, 0.29) is 10.5 Å². The largest absolute Gasteiger partial charge is 0.298 e. The van der Waals surface area contributed by atoms with Crippen LogP contribution in [0.3, 0.4) is 0 Å². The fourth-order valence-corrected chi connectivity index (χ4v) is 1.55. The average molecular weight is 205 g/mol. The van der Waals surface area contributed by atoms with E-state index >= 15 is 0 Å². The summed E-state index contributed by atoms with van der Waals surface area (Å²) < 4.78 is 21.5. The van der Waals surface area contributed by atoms with E-state index in [1.54, 1.807) is 0 Å². The molecule has 0 saturated carbocycles. The van der Waals surface area contributed by atoms with Crippen LogP contribution in [0.25, 0.3) is 0 Å². The minimum absolute atomic E-state index is 0.0613. The zero-order chi connectivity index (χ0) is 9.19. The van der Waals surface area contributed by atoms with Gasteiger partial charge in [0.2, 0.25) is 0 Å². The van der Waals surface area contributed by atoms with Gasteiger partial charge in [0.15, 0.2) is 0 Å². The highest BCUT2D eigenvalue weighted by atomic mass is 35.7. The Labute approximate surface area is 74.4 Å². The molecule has 0 atom stereocenters. The Morgan fingerprint density at radius 2 is 2.00 bits per heavy atom. The highest BCUT2D eigenvalue weighted by Gasteiger charge is 2.09. The van der Waals surface area contributed by atoms with Crippen molar-refractivity contribution in [3.8, 4) is 0 Å². The third-order valence-electron chi connectivity index (χ3n) is 1.28. The lowest BCUT2D eigenvalue weighted by atomic mass is 10.2. The van der Waals surface area contributed by atoms with Crippen LogP contribution in [0.4, 0.5) is 0 Å². The maximum Gasteiger partial charge on any atom is 0.261 e. The maximum atomic E-state index is 10.8. The van der Waals surface area contributed by atoms with Crippen LogP contribution in [-0.4, -0.2) is 14.7 Å². The van der Waals surface area contributed by atoms with Gasteiger partial charge in [-0.1, -0.05) is 12.1 Å². The van der Waals surface area contributed by atoms with Gasteiger partial charge in [0, 0.05) is 16.2 Å². The first-order chi connectivity index (χ1) is 5.54. The van der Waals surface area contributed by atoms with E-state index in [0.29, 0.717) is 6.29 Å². The summed E-state index contributed by atoms with van der Waals surface area (Å²) >= 11 is 0. The van der Waals surface area contributed by atoms with E-state index in [1.807, 2.05) is 0 Å². The molecule has 0 aromatic heterocycles. The van der Waals surface area contributed by atoms with E-state index in [1.165, 1.54) is 24.3 Å². The molecule has 1 aromatic carbocycles. The van der Waals surface area contributed by atoms with Gasteiger partial charge >= 0.3 is 0 Å². The number of halogens is 1. The minimum Gasteiger partial charge on any atom is -0.298 e. The quantitative estimate of drug-likeness (QED) is 0.541. The van der Waals surface area contributed by atoms with Crippen molar-refractivity contribution in [1.82, 2.24) is 0 Å². The molecular weight excluding hydrogens is 200 g/mol. The second-order valence-electron chi connectivity index (χ2n) is 2.13. The summed E-state index contributed by atoms with van der Waals surface area (Å²) in [6, 6.07) is 5.50. The van der Waals surface area contributed by atoms with E-state index in [0.717, 1.165) is 0 Å². The molecule has 0 bridgehead atoms. The molecule has 0 N–H and O–H groups in total. The van der Waals surface area contributed by atoms with Gasteiger partial charge in [0.1, 0.15) is 6.29 Å². The first kappa shape index (κ1) is 9.22. The molecule has 0 amide bonds. The molecule has 12 heavy (non-hydrogen) atoms. The van der Waals surface area contributed by atoms with E-state index in [4.69, 9.17) is 10.7 Å². The van der Waals surface area contributed by atoms with Crippen molar-refractivity contribution in [3.63, 3.8) is 0 Å². The van der Waals surface area contributed by atoms with Gasteiger partial charge in [0.05, 0.1) is 4.90 Å². The van der Waals surface area contributed by atoms with Crippen LogP contribution in [0.15, 0.2) is 29.2 Å². The summed E-state index contributed by atoms with van der Waals surface area (Å²) in [5.41, 5.74) is 0.289. The number of aldehydes is 1. The molecule has 0 spiro atoms. The highest BCUT2D eigenvalue weighted by Crippen LogP contribution is 2.14.